The van der Waals surface area contributed by atoms with Crippen LogP contribution in [0.25, 0.3) is 0 Å². The summed E-state index contributed by atoms with van der Waals surface area (Å²) in [5, 5.41) is 0. The van der Waals surface area contributed by atoms with Gasteiger partial charge in [-0.25, -0.2) is 4.79 Å². The number of carbonyl (C=O) groups excluding carboxylic acids is 1. The van der Waals surface area contributed by atoms with Gasteiger partial charge >= 0.3 is 3.98 Å². The third-order valence-electron chi connectivity index (χ3n) is 5.44. The van der Waals surface area contributed by atoms with E-state index in [9.17, 15) is 4.79 Å². The van der Waals surface area contributed by atoms with Crippen molar-refractivity contribution in [1.29, 1.82) is 0 Å². The maximum absolute atomic E-state index is 11.3. The van der Waals surface area contributed by atoms with Crippen LogP contribution in [0.5, 0.6) is 11.5 Å². The second-order valence-electron chi connectivity index (χ2n) is 7.02. The Morgan fingerprint density at radius 1 is 0.923 bits per heavy atom. The summed E-state index contributed by atoms with van der Waals surface area (Å²) in [6, 6.07) is 12.8. The van der Waals surface area contributed by atoms with Crippen LogP contribution in [0.3, 0.4) is 0 Å². The molecule has 1 aliphatic carbocycles. The largest absolute Gasteiger partial charge is 0.427 e. The van der Waals surface area contributed by atoms with Crippen molar-refractivity contribution in [1.82, 2.24) is 0 Å². The maximum atomic E-state index is 11.3. The van der Waals surface area contributed by atoms with Crippen LogP contribution in [0.15, 0.2) is 36.4 Å². The Balaban J connectivity index is 2.07. The molecule has 138 valence electrons. The number of benzene rings is 2. The predicted octanol–water partition coefficient (Wildman–Crippen LogP) is 7.22. The zero-order valence-electron chi connectivity index (χ0n) is 15.0. The van der Waals surface area contributed by atoms with Gasteiger partial charge in [-0.3, -0.25) is 0 Å². The monoisotopic (exact) mass is 576 g/mol. The van der Waals surface area contributed by atoms with Gasteiger partial charge in [-0.1, -0.05) is 43.5 Å². The molecule has 1 saturated carbocycles. The molecule has 0 aromatic heterocycles. The first-order valence-corrected chi connectivity index (χ1v) is 10.8. The molecule has 0 unspecified atom stereocenters. The summed E-state index contributed by atoms with van der Waals surface area (Å²) in [4.78, 5) is 11.3. The van der Waals surface area contributed by atoms with Crippen LogP contribution in [0.2, 0.25) is 0 Å². The molecule has 5 heteroatoms. The van der Waals surface area contributed by atoms with Crippen LogP contribution in [0.1, 0.15) is 54.4 Å². The number of aryl methyl sites for hydroxylation is 2. The average molecular weight is 576 g/mol. The molecular formula is C21H22I2O3. The predicted molar refractivity (Wildman–Crippen MR) is 121 cm³/mol. The first kappa shape index (κ1) is 19.9. The summed E-state index contributed by atoms with van der Waals surface area (Å²) in [6.07, 6.45) is 6.03. The molecular weight excluding hydrogens is 554 g/mol. The molecule has 3 nitrogen and oxygen atoms in total. The van der Waals surface area contributed by atoms with Crippen molar-refractivity contribution in [2.75, 3.05) is 0 Å². The number of hydrogen-bond acceptors (Lipinski definition) is 3. The lowest BCUT2D eigenvalue weighted by atomic mass is 9.65. The molecule has 2 aromatic rings. The molecule has 0 N–H and O–H groups in total. The summed E-state index contributed by atoms with van der Waals surface area (Å²) in [5.74, 6) is 1.56. The number of rotatable bonds is 4. The quantitative estimate of drug-likeness (QED) is 0.285. The van der Waals surface area contributed by atoms with E-state index < -0.39 is 0 Å². The normalized spacial score (nSPS) is 16.2. The lowest BCUT2D eigenvalue weighted by molar-refractivity contribution is 0.230. The van der Waals surface area contributed by atoms with Crippen LogP contribution in [-0.4, -0.2) is 3.98 Å². The molecule has 0 amide bonds. The van der Waals surface area contributed by atoms with Gasteiger partial charge in [-0.15, -0.1) is 0 Å². The Kier molecular flexibility index (Phi) is 6.48. The van der Waals surface area contributed by atoms with Crippen LogP contribution in [0.4, 0.5) is 4.79 Å². The molecule has 3 rings (SSSR count). The highest BCUT2D eigenvalue weighted by Crippen LogP contribution is 2.46. The molecule has 1 fully saturated rings. The molecule has 0 radical (unpaired) electrons. The summed E-state index contributed by atoms with van der Waals surface area (Å²) in [7, 11) is 0. The Morgan fingerprint density at radius 2 is 1.46 bits per heavy atom. The van der Waals surface area contributed by atoms with Crippen molar-refractivity contribution >= 4 is 49.6 Å². The lowest BCUT2D eigenvalue weighted by Gasteiger charge is -2.39. The van der Waals surface area contributed by atoms with E-state index in [1.54, 1.807) is 22.6 Å². The second-order valence-corrected chi connectivity index (χ2v) is 8.34. The molecule has 26 heavy (non-hydrogen) atoms. The van der Waals surface area contributed by atoms with E-state index in [0.29, 0.717) is 5.75 Å². The number of carbonyl (C=O) groups is 1. The summed E-state index contributed by atoms with van der Waals surface area (Å²) < 4.78 is 10.4. The van der Waals surface area contributed by atoms with Crippen LogP contribution < -0.4 is 7.80 Å². The minimum absolute atomic E-state index is 0.0183. The first-order chi connectivity index (χ1) is 12.5. The van der Waals surface area contributed by atoms with Crippen molar-refractivity contribution in [3.63, 3.8) is 0 Å². The average Bonchev–Trinajstić information content (AvgIpc) is 2.63. The van der Waals surface area contributed by atoms with Crippen LogP contribution in [-0.2, 0) is 5.41 Å². The highest BCUT2D eigenvalue weighted by atomic mass is 127. The molecule has 1 aliphatic rings. The van der Waals surface area contributed by atoms with E-state index in [2.05, 4.69) is 37.3 Å². The topological polar surface area (TPSA) is 35.5 Å². The highest BCUT2D eigenvalue weighted by Gasteiger charge is 2.36. The van der Waals surface area contributed by atoms with Gasteiger partial charge in [-0.2, -0.15) is 0 Å². The Labute approximate surface area is 182 Å². The molecule has 0 heterocycles. The van der Waals surface area contributed by atoms with Gasteiger partial charge in [-0.05, 0) is 61.1 Å². The summed E-state index contributed by atoms with van der Waals surface area (Å²) >= 11 is 3.60. The third-order valence-corrected chi connectivity index (χ3v) is 6.13. The van der Waals surface area contributed by atoms with E-state index >= 15 is 0 Å². The number of ether oxygens (including phenoxy) is 1. The molecule has 0 bridgehead atoms. The zero-order valence-corrected chi connectivity index (χ0v) is 19.3. The maximum Gasteiger partial charge on any atom is 0.372 e. The fourth-order valence-electron chi connectivity index (χ4n) is 4.08. The SMILES string of the molecule is Cc1cc(C2(c3ccc(OC(=O)I)c(C)c3)CCCCC2)ccc1OI. The van der Waals surface area contributed by atoms with Crippen LogP contribution >= 0.6 is 45.6 Å². The summed E-state index contributed by atoms with van der Waals surface area (Å²) in [5.41, 5.74) is 4.84. The van der Waals surface area contributed by atoms with Crippen molar-refractivity contribution in [3.8, 4) is 11.5 Å². The van der Waals surface area contributed by atoms with E-state index in [1.165, 1.54) is 30.4 Å². The Bertz CT molecular complexity index is 811. The van der Waals surface area contributed by atoms with E-state index in [1.807, 2.05) is 36.0 Å². The van der Waals surface area contributed by atoms with Gasteiger partial charge < -0.3 is 7.80 Å². The van der Waals surface area contributed by atoms with Crippen LogP contribution in [0, 0.1) is 13.8 Å². The molecule has 0 atom stereocenters. The van der Waals surface area contributed by atoms with Crippen molar-refractivity contribution in [3.05, 3.63) is 58.7 Å². The fourth-order valence-corrected chi connectivity index (χ4v) is 4.81. The van der Waals surface area contributed by atoms with Gasteiger partial charge in [0, 0.05) is 5.41 Å². The third kappa shape index (κ3) is 4.03. The molecule has 0 saturated heterocycles. The standard InChI is InChI=1S/C21H22I2O3/c1-14-12-16(6-8-18(14)25-20(22)24)21(10-4-3-5-11-21)17-7-9-19(26-23)15(2)13-17/h6-9,12-13H,3-5,10-11H2,1-2H3. The van der Waals surface area contributed by atoms with E-state index in [4.69, 9.17) is 7.80 Å². The lowest BCUT2D eigenvalue weighted by Crippen LogP contribution is -2.30. The molecule has 2 aromatic carbocycles. The summed E-state index contributed by atoms with van der Waals surface area (Å²) in [6.45, 7) is 4.11. The number of hydrogen-bond donors (Lipinski definition) is 0. The van der Waals surface area contributed by atoms with E-state index in [-0.39, 0.29) is 9.39 Å². The second kappa shape index (κ2) is 8.46. The first-order valence-electron chi connectivity index (χ1n) is 8.84. The van der Waals surface area contributed by atoms with Gasteiger partial charge in [0.25, 0.3) is 0 Å². The molecule has 0 aliphatic heterocycles. The Hall–Kier alpha value is -0.830. The van der Waals surface area contributed by atoms with Gasteiger partial charge in [0.1, 0.15) is 11.5 Å². The fraction of sp³-hybridized carbons (Fsp3) is 0.381. The van der Waals surface area contributed by atoms with Gasteiger partial charge in [0.15, 0.2) is 23.0 Å². The molecule has 0 spiro atoms. The number of halogens is 2. The zero-order chi connectivity index (χ0) is 18.7. The van der Waals surface area contributed by atoms with Crippen molar-refractivity contribution in [2.24, 2.45) is 0 Å². The van der Waals surface area contributed by atoms with E-state index in [0.717, 1.165) is 29.7 Å². The highest BCUT2D eigenvalue weighted by molar-refractivity contribution is 14.1. The van der Waals surface area contributed by atoms with Crippen molar-refractivity contribution < 1.29 is 12.6 Å². The van der Waals surface area contributed by atoms with Gasteiger partial charge in [0.05, 0.1) is 22.6 Å². The van der Waals surface area contributed by atoms with Crippen molar-refractivity contribution in [2.45, 2.75) is 51.4 Å². The minimum Gasteiger partial charge on any atom is -0.427 e. The van der Waals surface area contributed by atoms with Gasteiger partial charge in [0.2, 0.25) is 0 Å². The Morgan fingerprint density at radius 3 is 1.92 bits per heavy atom. The smallest absolute Gasteiger partial charge is 0.372 e. The minimum atomic E-state index is -0.309.